The molecule has 4 fully saturated rings. The molecule has 0 aromatic carbocycles. The zero-order valence-corrected chi connectivity index (χ0v) is 8.87. The molecule has 14 heavy (non-hydrogen) atoms. The van der Waals surface area contributed by atoms with Crippen molar-refractivity contribution in [3.05, 3.63) is 0 Å². The Hall–Kier alpha value is -0.0800. The highest BCUT2D eigenvalue weighted by Gasteiger charge is 2.35. The zero-order chi connectivity index (χ0) is 9.38. The highest BCUT2D eigenvalue weighted by molar-refractivity contribution is 4.88. The van der Waals surface area contributed by atoms with Gasteiger partial charge >= 0.3 is 0 Å². The average Bonchev–Trinajstić information content (AvgIpc) is 2.17. The third-order valence-corrected chi connectivity index (χ3v) is 4.50. The van der Waals surface area contributed by atoms with E-state index in [2.05, 4.69) is 5.32 Å². The van der Waals surface area contributed by atoms with Crippen molar-refractivity contribution in [2.24, 2.45) is 17.8 Å². The molecule has 4 rings (SSSR count). The summed E-state index contributed by atoms with van der Waals surface area (Å²) in [5, 5.41) is 3.65. The van der Waals surface area contributed by atoms with E-state index in [1.807, 2.05) is 0 Å². The lowest BCUT2D eigenvalue weighted by Gasteiger charge is -2.43. The predicted octanol–water partition coefficient (Wildman–Crippen LogP) is 1.80. The summed E-state index contributed by atoms with van der Waals surface area (Å²) < 4.78 is 5.17. The standard InChI is InChI=1S/C12H21NO/c1-3-10-4-2-9(1)5-11(10)6-13-12-7-14-8-12/h9-13H,1-8H2. The van der Waals surface area contributed by atoms with Crippen molar-refractivity contribution in [2.75, 3.05) is 19.8 Å². The molecule has 3 saturated carbocycles. The van der Waals surface area contributed by atoms with Gasteiger partial charge in [0.15, 0.2) is 0 Å². The number of hydrogen-bond donors (Lipinski definition) is 1. The molecule has 0 radical (unpaired) electrons. The summed E-state index contributed by atoms with van der Waals surface area (Å²) in [6.07, 6.45) is 7.57. The van der Waals surface area contributed by atoms with Crippen molar-refractivity contribution in [3.63, 3.8) is 0 Å². The van der Waals surface area contributed by atoms with Crippen LogP contribution in [0, 0.1) is 17.8 Å². The van der Waals surface area contributed by atoms with Crippen molar-refractivity contribution in [2.45, 2.75) is 38.1 Å². The molecule has 2 bridgehead atoms. The van der Waals surface area contributed by atoms with Crippen LogP contribution in [0.4, 0.5) is 0 Å². The van der Waals surface area contributed by atoms with E-state index in [-0.39, 0.29) is 0 Å². The van der Waals surface area contributed by atoms with Crippen LogP contribution in [-0.2, 0) is 4.74 Å². The van der Waals surface area contributed by atoms with Crippen molar-refractivity contribution in [3.8, 4) is 0 Å². The lowest BCUT2D eigenvalue weighted by Crippen LogP contribution is -2.49. The van der Waals surface area contributed by atoms with Crippen LogP contribution in [0.3, 0.4) is 0 Å². The predicted molar refractivity (Wildman–Crippen MR) is 56.2 cm³/mol. The fourth-order valence-corrected chi connectivity index (χ4v) is 3.44. The smallest absolute Gasteiger partial charge is 0.0643 e. The van der Waals surface area contributed by atoms with Crippen LogP contribution in [0.2, 0.25) is 0 Å². The van der Waals surface area contributed by atoms with E-state index < -0.39 is 0 Å². The topological polar surface area (TPSA) is 21.3 Å². The Morgan fingerprint density at radius 3 is 2.36 bits per heavy atom. The molecular formula is C12H21NO. The van der Waals surface area contributed by atoms with Crippen molar-refractivity contribution >= 4 is 0 Å². The maximum absolute atomic E-state index is 5.17. The molecule has 80 valence electrons. The molecule has 1 atom stereocenters. The van der Waals surface area contributed by atoms with Gasteiger partial charge in [-0.2, -0.15) is 0 Å². The molecule has 4 aliphatic rings. The first kappa shape index (κ1) is 9.17. The van der Waals surface area contributed by atoms with Gasteiger partial charge in [-0.1, -0.05) is 12.8 Å². The Kier molecular flexibility index (Phi) is 2.50. The van der Waals surface area contributed by atoms with Gasteiger partial charge in [-0.3, -0.25) is 0 Å². The SMILES string of the molecule is C1CC2CCC1CC2CNC1COC1. The fourth-order valence-electron chi connectivity index (χ4n) is 3.44. The quantitative estimate of drug-likeness (QED) is 0.741. The number of ether oxygens (including phenoxy) is 1. The van der Waals surface area contributed by atoms with Crippen LogP contribution >= 0.6 is 0 Å². The van der Waals surface area contributed by atoms with Gasteiger partial charge < -0.3 is 10.1 Å². The van der Waals surface area contributed by atoms with Crippen LogP contribution in [0.1, 0.15) is 32.1 Å². The minimum absolute atomic E-state index is 0.676. The molecule has 1 aliphatic heterocycles. The summed E-state index contributed by atoms with van der Waals surface area (Å²) in [7, 11) is 0. The van der Waals surface area contributed by atoms with Crippen LogP contribution in [0.15, 0.2) is 0 Å². The lowest BCUT2D eigenvalue weighted by molar-refractivity contribution is -0.0114. The first-order chi connectivity index (χ1) is 6.92. The Morgan fingerprint density at radius 1 is 1.07 bits per heavy atom. The highest BCUT2D eigenvalue weighted by atomic mass is 16.5. The van der Waals surface area contributed by atoms with E-state index in [9.17, 15) is 0 Å². The Morgan fingerprint density at radius 2 is 1.86 bits per heavy atom. The molecule has 1 unspecified atom stereocenters. The van der Waals surface area contributed by atoms with E-state index in [4.69, 9.17) is 4.74 Å². The van der Waals surface area contributed by atoms with Gasteiger partial charge in [0.1, 0.15) is 0 Å². The molecule has 0 spiro atoms. The summed E-state index contributed by atoms with van der Waals surface area (Å²) in [4.78, 5) is 0. The molecule has 0 aromatic heterocycles. The van der Waals surface area contributed by atoms with Gasteiger partial charge in [0.05, 0.1) is 19.3 Å². The third kappa shape index (κ3) is 1.70. The van der Waals surface area contributed by atoms with Gasteiger partial charge in [0.25, 0.3) is 0 Å². The third-order valence-electron chi connectivity index (χ3n) is 4.50. The summed E-state index contributed by atoms with van der Waals surface area (Å²) in [5.41, 5.74) is 0. The molecule has 2 nitrogen and oxygen atoms in total. The number of fused-ring (bicyclic) bond motifs is 3. The van der Waals surface area contributed by atoms with Gasteiger partial charge in [-0.15, -0.1) is 0 Å². The Balaban J connectivity index is 1.47. The van der Waals surface area contributed by atoms with Crippen LogP contribution in [0.5, 0.6) is 0 Å². The average molecular weight is 195 g/mol. The van der Waals surface area contributed by atoms with Crippen LogP contribution in [0.25, 0.3) is 0 Å². The first-order valence-corrected chi connectivity index (χ1v) is 6.23. The summed E-state index contributed by atoms with van der Waals surface area (Å²) in [5.74, 6) is 3.11. The molecule has 3 aliphatic carbocycles. The van der Waals surface area contributed by atoms with E-state index in [0.29, 0.717) is 6.04 Å². The second kappa shape index (κ2) is 3.82. The Labute approximate surface area is 86.4 Å². The van der Waals surface area contributed by atoms with Crippen LogP contribution < -0.4 is 5.32 Å². The maximum Gasteiger partial charge on any atom is 0.0643 e. The van der Waals surface area contributed by atoms with E-state index in [1.165, 1.54) is 38.6 Å². The molecule has 0 amide bonds. The molecule has 1 N–H and O–H groups in total. The van der Waals surface area contributed by atoms with Crippen LogP contribution in [-0.4, -0.2) is 25.8 Å². The molecular weight excluding hydrogens is 174 g/mol. The summed E-state index contributed by atoms with van der Waals surface area (Å²) >= 11 is 0. The number of hydrogen-bond acceptors (Lipinski definition) is 2. The number of nitrogens with one attached hydrogen (secondary N) is 1. The summed E-state index contributed by atoms with van der Waals surface area (Å²) in [6, 6.07) is 0.676. The summed E-state index contributed by atoms with van der Waals surface area (Å²) in [6.45, 7) is 3.15. The Bertz CT molecular complexity index is 194. The van der Waals surface area contributed by atoms with Gasteiger partial charge in [0.2, 0.25) is 0 Å². The van der Waals surface area contributed by atoms with E-state index in [1.54, 1.807) is 0 Å². The minimum Gasteiger partial charge on any atom is -0.378 e. The monoisotopic (exact) mass is 195 g/mol. The lowest BCUT2D eigenvalue weighted by atomic mass is 9.65. The second-order valence-corrected chi connectivity index (χ2v) is 5.42. The normalized spacial score (nSPS) is 42.4. The minimum atomic E-state index is 0.676. The highest BCUT2D eigenvalue weighted by Crippen LogP contribution is 2.44. The number of rotatable bonds is 3. The van der Waals surface area contributed by atoms with Crippen molar-refractivity contribution < 1.29 is 4.74 Å². The fraction of sp³-hybridized carbons (Fsp3) is 1.00. The van der Waals surface area contributed by atoms with Crippen molar-refractivity contribution in [1.29, 1.82) is 0 Å². The molecule has 0 aromatic rings. The largest absolute Gasteiger partial charge is 0.378 e. The zero-order valence-electron chi connectivity index (χ0n) is 8.87. The molecule has 2 heteroatoms. The van der Waals surface area contributed by atoms with Gasteiger partial charge in [-0.05, 0) is 43.6 Å². The molecule has 1 saturated heterocycles. The second-order valence-electron chi connectivity index (χ2n) is 5.42. The molecule has 1 heterocycles. The van der Waals surface area contributed by atoms with Gasteiger partial charge in [0, 0.05) is 0 Å². The van der Waals surface area contributed by atoms with E-state index in [0.717, 1.165) is 31.0 Å². The maximum atomic E-state index is 5.17. The van der Waals surface area contributed by atoms with E-state index >= 15 is 0 Å². The first-order valence-electron chi connectivity index (χ1n) is 6.23. The van der Waals surface area contributed by atoms with Crippen molar-refractivity contribution in [1.82, 2.24) is 5.32 Å². The van der Waals surface area contributed by atoms with Gasteiger partial charge in [-0.25, -0.2) is 0 Å².